The van der Waals surface area contributed by atoms with Crippen LogP contribution in [0.4, 0.5) is 4.39 Å². The zero-order valence-corrected chi connectivity index (χ0v) is 15.6. The molecule has 1 atom stereocenters. The molecule has 1 aliphatic heterocycles. The number of benzene rings is 1. The number of nitrogens with zero attached hydrogens (tertiary/aromatic N) is 7. The van der Waals surface area contributed by atoms with Crippen molar-refractivity contribution >= 4 is 27.5 Å². The summed E-state index contributed by atoms with van der Waals surface area (Å²) in [5.74, 6) is 0.860. The van der Waals surface area contributed by atoms with Gasteiger partial charge in [-0.2, -0.15) is 10.2 Å². The summed E-state index contributed by atoms with van der Waals surface area (Å²) >= 11 is 1.48. The lowest BCUT2D eigenvalue weighted by atomic mass is 10.1. The molecule has 0 saturated heterocycles. The first-order valence-electron chi connectivity index (χ1n) is 8.69. The lowest BCUT2D eigenvalue weighted by molar-refractivity contribution is 0.0638. The maximum atomic E-state index is 13.1. The number of halogens is 1. The van der Waals surface area contributed by atoms with Crippen molar-refractivity contribution in [1.82, 2.24) is 34.8 Å². The van der Waals surface area contributed by atoms with Crippen LogP contribution in [0.25, 0.3) is 21.0 Å². The number of hydrogen-bond acceptors (Lipinski definition) is 7. The molecule has 8 nitrogen and oxygen atoms in total. The van der Waals surface area contributed by atoms with Crippen LogP contribution in [-0.2, 0) is 6.54 Å². The summed E-state index contributed by atoms with van der Waals surface area (Å²) in [7, 11) is 0. The van der Waals surface area contributed by atoms with Crippen molar-refractivity contribution in [3.8, 4) is 10.8 Å². The molecule has 0 radical (unpaired) electrons. The van der Waals surface area contributed by atoms with Crippen LogP contribution in [0.5, 0.6) is 0 Å². The van der Waals surface area contributed by atoms with Gasteiger partial charge in [0.1, 0.15) is 11.3 Å². The normalized spacial score (nSPS) is 16.4. The molecule has 1 amide bonds. The molecule has 5 rings (SSSR count). The van der Waals surface area contributed by atoms with E-state index in [0.717, 1.165) is 15.2 Å². The second-order valence-corrected chi connectivity index (χ2v) is 7.50. The van der Waals surface area contributed by atoms with Gasteiger partial charge in [-0.25, -0.2) is 9.37 Å². The minimum absolute atomic E-state index is 0.152. The summed E-state index contributed by atoms with van der Waals surface area (Å²) in [5, 5.41) is 17.1. The SMILES string of the molecule is C[C@@H]1c2nnc(-c3nc4cnncc4s3)n2CCN1C(=O)c1ccc(F)cc1. The summed E-state index contributed by atoms with van der Waals surface area (Å²) in [6.45, 7) is 2.97. The van der Waals surface area contributed by atoms with E-state index in [1.54, 1.807) is 17.3 Å². The largest absolute Gasteiger partial charge is 0.327 e. The zero-order valence-electron chi connectivity index (χ0n) is 14.8. The number of hydrogen-bond donors (Lipinski definition) is 0. The molecule has 0 unspecified atom stereocenters. The third kappa shape index (κ3) is 2.64. The molecule has 140 valence electrons. The number of amides is 1. The van der Waals surface area contributed by atoms with Gasteiger partial charge in [0, 0.05) is 18.7 Å². The standard InChI is InChI=1S/C18H14FN7OS/c1-10-15-23-24-16(17-22-13-8-20-21-9-14(13)28-17)26(15)7-6-25(10)18(27)11-2-4-12(19)5-3-11/h2-5,8-10H,6-7H2,1H3/t10-/m1/s1. The van der Waals surface area contributed by atoms with E-state index >= 15 is 0 Å². The lowest BCUT2D eigenvalue weighted by Crippen LogP contribution is -2.41. The first-order chi connectivity index (χ1) is 13.6. The van der Waals surface area contributed by atoms with Crippen LogP contribution in [0.15, 0.2) is 36.7 Å². The maximum absolute atomic E-state index is 13.1. The third-order valence-electron chi connectivity index (χ3n) is 4.83. The van der Waals surface area contributed by atoms with Crippen molar-refractivity contribution in [2.24, 2.45) is 0 Å². The summed E-state index contributed by atoms with van der Waals surface area (Å²) in [4.78, 5) is 19.2. The Bertz CT molecular complexity index is 1150. The Kier molecular flexibility index (Phi) is 3.86. The zero-order chi connectivity index (χ0) is 19.3. The summed E-state index contributed by atoms with van der Waals surface area (Å²) in [6, 6.07) is 5.32. The van der Waals surface area contributed by atoms with E-state index in [1.807, 2.05) is 11.5 Å². The first-order valence-corrected chi connectivity index (χ1v) is 9.50. The van der Waals surface area contributed by atoms with E-state index in [9.17, 15) is 9.18 Å². The molecule has 0 saturated carbocycles. The third-order valence-corrected chi connectivity index (χ3v) is 5.83. The number of carbonyl (C=O) groups is 1. The lowest BCUT2D eigenvalue weighted by Gasteiger charge is -2.33. The van der Waals surface area contributed by atoms with E-state index in [1.165, 1.54) is 35.6 Å². The highest BCUT2D eigenvalue weighted by atomic mass is 32.1. The number of rotatable bonds is 2. The van der Waals surface area contributed by atoms with Crippen LogP contribution in [0.1, 0.15) is 29.1 Å². The van der Waals surface area contributed by atoms with Gasteiger partial charge >= 0.3 is 0 Å². The van der Waals surface area contributed by atoms with Crippen molar-refractivity contribution in [2.45, 2.75) is 19.5 Å². The van der Waals surface area contributed by atoms with Gasteiger partial charge in [0.15, 0.2) is 16.7 Å². The number of fused-ring (bicyclic) bond motifs is 2. The van der Waals surface area contributed by atoms with Crippen LogP contribution in [0.2, 0.25) is 0 Å². The van der Waals surface area contributed by atoms with Crippen molar-refractivity contribution in [3.63, 3.8) is 0 Å². The van der Waals surface area contributed by atoms with Crippen molar-refractivity contribution in [1.29, 1.82) is 0 Å². The van der Waals surface area contributed by atoms with Gasteiger partial charge in [0.05, 0.1) is 23.1 Å². The number of aromatic nitrogens is 6. The Balaban J connectivity index is 1.47. The van der Waals surface area contributed by atoms with E-state index in [4.69, 9.17) is 0 Å². The van der Waals surface area contributed by atoms with Crippen molar-refractivity contribution < 1.29 is 9.18 Å². The quantitative estimate of drug-likeness (QED) is 0.518. The van der Waals surface area contributed by atoms with Gasteiger partial charge in [0.2, 0.25) is 0 Å². The molecular weight excluding hydrogens is 381 g/mol. The second-order valence-electron chi connectivity index (χ2n) is 6.47. The van der Waals surface area contributed by atoms with E-state index in [2.05, 4.69) is 25.4 Å². The van der Waals surface area contributed by atoms with Crippen LogP contribution >= 0.6 is 11.3 Å². The Morgan fingerprint density at radius 1 is 1.14 bits per heavy atom. The predicted molar refractivity (Wildman–Crippen MR) is 100 cm³/mol. The smallest absolute Gasteiger partial charge is 0.254 e. The van der Waals surface area contributed by atoms with Crippen molar-refractivity contribution in [2.75, 3.05) is 6.54 Å². The molecule has 10 heteroatoms. The number of carbonyl (C=O) groups excluding carboxylic acids is 1. The fourth-order valence-electron chi connectivity index (χ4n) is 3.38. The predicted octanol–water partition coefficient (Wildman–Crippen LogP) is 2.70. The molecule has 1 aromatic carbocycles. The Labute approximate surface area is 162 Å². The molecular formula is C18H14FN7OS. The van der Waals surface area contributed by atoms with Crippen LogP contribution in [0, 0.1) is 5.82 Å². The molecule has 0 spiro atoms. The average Bonchev–Trinajstić information content (AvgIpc) is 3.32. The summed E-state index contributed by atoms with van der Waals surface area (Å²) in [5.41, 5.74) is 1.22. The molecule has 1 aliphatic rings. The van der Waals surface area contributed by atoms with E-state index < -0.39 is 0 Å². The highest BCUT2D eigenvalue weighted by Gasteiger charge is 2.32. The van der Waals surface area contributed by atoms with Gasteiger partial charge in [-0.1, -0.05) is 0 Å². The van der Waals surface area contributed by atoms with Gasteiger partial charge in [0.25, 0.3) is 5.91 Å². The Morgan fingerprint density at radius 3 is 2.71 bits per heavy atom. The minimum atomic E-state index is -0.367. The first kappa shape index (κ1) is 16.9. The molecule has 28 heavy (non-hydrogen) atoms. The van der Waals surface area contributed by atoms with Gasteiger partial charge in [-0.15, -0.1) is 21.5 Å². The summed E-state index contributed by atoms with van der Waals surface area (Å²) in [6.07, 6.45) is 3.30. The van der Waals surface area contributed by atoms with E-state index in [-0.39, 0.29) is 17.8 Å². The van der Waals surface area contributed by atoms with Crippen LogP contribution in [0.3, 0.4) is 0 Å². The van der Waals surface area contributed by atoms with Crippen molar-refractivity contribution in [3.05, 3.63) is 53.9 Å². The Morgan fingerprint density at radius 2 is 1.93 bits per heavy atom. The molecule has 4 aromatic rings. The molecule has 0 bridgehead atoms. The average molecular weight is 395 g/mol. The maximum Gasteiger partial charge on any atom is 0.254 e. The molecule has 3 aromatic heterocycles. The topological polar surface area (TPSA) is 89.7 Å². The second kappa shape index (κ2) is 6.41. The Hall–Kier alpha value is -3.27. The number of thiazole rings is 1. The van der Waals surface area contributed by atoms with Gasteiger partial charge < -0.3 is 9.47 Å². The van der Waals surface area contributed by atoms with Crippen LogP contribution < -0.4 is 0 Å². The fourth-order valence-corrected chi connectivity index (χ4v) is 4.27. The minimum Gasteiger partial charge on any atom is -0.327 e. The highest BCUT2D eigenvalue weighted by molar-refractivity contribution is 7.21. The molecule has 0 fully saturated rings. The van der Waals surface area contributed by atoms with Gasteiger partial charge in [-0.3, -0.25) is 4.79 Å². The highest BCUT2D eigenvalue weighted by Crippen LogP contribution is 2.32. The van der Waals surface area contributed by atoms with Gasteiger partial charge in [-0.05, 0) is 31.2 Å². The molecule has 0 aliphatic carbocycles. The molecule has 0 N–H and O–H groups in total. The molecule has 4 heterocycles. The van der Waals surface area contributed by atoms with Crippen LogP contribution in [-0.4, -0.2) is 47.3 Å². The van der Waals surface area contributed by atoms with E-state index in [0.29, 0.717) is 30.3 Å². The summed E-state index contributed by atoms with van der Waals surface area (Å²) < 4.78 is 16.1. The monoisotopic (exact) mass is 395 g/mol. The fraction of sp³-hybridized carbons (Fsp3) is 0.222.